The van der Waals surface area contributed by atoms with Crippen molar-refractivity contribution in [2.45, 2.75) is 53.9 Å². The van der Waals surface area contributed by atoms with Crippen molar-refractivity contribution in [2.24, 2.45) is 5.41 Å². The summed E-state index contributed by atoms with van der Waals surface area (Å²) in [5, 5.41) is 2.87. The van der Waals surface area contributed by atoms with Crippen molar-refractivity contribution >= 4 is 11.6 Å². The highest BCUT2D eigenvalue weighted by atomic mass is 16.5. The molecule has 33 heavy (non-hydrogen) atoms. The van der Waals surface area contributed by atoms with Crippen molar-refractivity contribution in [3.8, 4) is 5.75 Å². The van der Waals surface area contributed by atoms with E-state index in [0.29, 0.717) is 13.2 Å². The van der Waals surface area contributed by atoms with E-state index in [9.17, 15) is 4.79 Å². The van der Waals surface area contributed by atoms with Crippen LogP contribution in [0.25, 0.3) is 0 Å². The number of hydrogen-bond acceptors (Lipinski definition) is 3. The minimum absolute atomic E-state index is 0.159. The van der Waals surface area contributed by atoms with Crippen LogP contribution in [0.15, 0.2) is 83.0 Å². The van der Waals surface area contributed by atoms with Gasteiger partial charge in [0, 0.05) is 18.9 Å². The number of benzene rings is 1. The standard InChI is InChI=1S/C29H39NO3/c1-22(12-17-27-24(3)11-8-18-29(27,4)5)9-7-10-23(2)21-28(31)30-25-13-15-26(16-14-25)33-20-19-32-6/h7,9-10,12-17,21H,8,11,18-20H2,1-6H3,(H,30,31)/b10-7+,17-12+,22-9+,23-21+. The normalized spacial score (nSPS) is 17.2. The van der Waals surface area contributed by atoms with Gasteiger partial charge in [0.1, 0.15) is 12.4 Å². The summed E-state index contributed by atoms with van der Waals surface area (Å²) in [6.45, 7) is 12.0. The lowest BCUT2D eigenvalue weighted by atomic mass is 9.72. The van der Waals surface area contributed by atoms with Gasteiger partial charge in [0.05, 0.1) is 6.61 Å². The first-order valence-electron chi connectivity index (χ1n) is 11.7. The van der Waals surface area contributed by atoms with Crippen molar-refractivity contribution in [3.63, 3.8) is 0 Å². The summed E-state index contributed by atoms with van der Waals surface area (Å²) >= 11 is 0. The maximum atomic E-state index is 12.3. The first kappa shape index (κ1) is 26.4. The van der Waals surface area contributed by atoms with E-state index < -0.39 is 0 Å². The molecule has 1 amide bonds. The highest BCUT2D eigenvalue weighted by Gasteiger charge is 2.26. The maximum absolute atomic E-state index is 12.3. The number of rotatable bonds is 10. The molecule has 1 aliphatic rings. The zero-order chi connectivity index (χ0) is 24.3. The molecule has 0 bridgehead atoms. The van der Waals surface area contributed by atoms with Crippen molar-refractivity contribution in [1.29, 1.82) is 0 Å². The molecule has 0 atom stereocenters. The topological polar surface area (TPSA) is 47.6 Å². The summed E-state index contributed by atoms with van der Waals surface area (Å²) in [5.74, 6) is 0.585. The second-order valence-electron chi connectivity index (χ2n) is 9.28. The summed E-state index contributed by atoms with van der Waals surface area (Å²) in [7, 11) is 1.64. The van der Waals surface area contributed by atoms with E-state index in [1.807, 2.05) is 43.3 Å². The fraction of sp³-hybridized carbons (Fsp3) is 0.414. The van der Waals surface area contributed by atoms with Crippen molar-refractivity contribution < 1.29 is 14.3 Å². The fourth-order valence-corrected chi connectivity index (χ4v) is 3.94. The van der Waals surface area contributed by atoms with Crippen molar-refractivity contribution in [3.05, 3.63) is 83.0 Å². The van der Waals surface area contributed by atoms with Gasteiger partial charge in [-0.1, -0.05) is 55.4 Å². The van der Waals surface area contributed by atoms with Gasteiger partial charge < -0.3 is 14.8 Å². The van der Waals surface area contributed by atoms with Crippen LogP contribution in [0.1, 0.15) is 53.9 Å². The molecule has 0 saturated heterocycles. The number of hydrogen-bond donors (Lipinski definition) is 1. The van der Waals surface area contributed by atoms with E-state index >= 15 is 0 Å². The molecule has 178 valence electrons. The van der Waals surface area contributed by atoms with Crippen molar-refractivity contribution in [1.82, 2.24) is 0 Å². The van der Waals surface area contributed by atoms with Crippen LogP contribution in [-0.2, 0) is 9.53 Å². The quantitative estimate of drug-likeness (QED) is 0.234. The number of ether oxygens (including phenoxy) is 2. The molecule has 2 rings (SSSR count). The van der Waals surface area contributed by atoms with Crippen LogP contribution < -0.4 is 10.1 Å². The van der Waals surface area contributed by atoms with Crippen LogP contribution in [0.5, 0.6) is 5.75 Å². The van der Waals surface area contributed by atoms with Crippen LogP contribution in [0.3, 0.4) is 0 Å². The van der Waals surface area contributed by atoms with Gasteiger partial charge in [-0.05, 0) is 80.9 Å². The minimum atomic E-state index is -0.159. The molecule has 0 spiro atoms. The van der Waals surface area contributed by atoms with E-state index in [0.717, 1.165) is 17.0 Å². The van der Waals surface area contributed by atoms with Crippen LogP contribution in [-0.4, -0.2) is 26.2 Å². The average Bonchev–Trinajstić information content (AvgIpc) is 2.74. The van der Waals surface area contributed by atoms with Crippen LogP contribution in [0.2, 0.25) is 0 Å². The maximum Gasteiger partial charge on any atom is 0.248 e. The first-order chi connectivity index (χ1) is 15.7. The predicted molar refractivity (Wildman–Crippen MR) is 139 cm³/mol. The first-order valence-corrected chi connectivity index (χ1v) is 11.7. The number of allylic oxidation sites excluding steroid dienone is 9. The molecule has 0 fully saturated rings. The molecule has 4 nitrogen and oxygen atoms in total. The van der Waals surface area contributed by atoms with Crippen LogP contribution >= 0.6 is 0 Å². The number of nitrogens with one attached hydrogen (secondary N) is 1. The summed E-state index contributed by atoms with van der Waals surface area (Å²) in [5.41, 5.74) is 6.00. The fourth-order valence-electron chi connectivity index (χ4n) is 3.94. The summed E-state index contributed by atoms with van der Waals surface area (Å²) < 4.78 is 10.5. The van der Waals surface area contributed by atoms with Gasteiger partial charge in [0.25, 0.3) is 0 Å². The van der Waals surface area contributed by atoms with Gasteiger partial charge in [-0.25, -0.2) is 0 Å². The third-order valence-corrected chi connectivity index (χ3v) is 5.81. The smallest absolute Gasteiger partial charge is 0.248 e. The predicted octanol–water partition coefficient (Wildman–Crippen LogP) is 7.18. The van der Waals surface area contributed by atoms with Gasteiger partial charge in [-0.3, -0.25) is 4.79 Å². The number of carbonyl (C=O) groups excluding carboxylic acids is 1. The van der Waals surface area contributed by atoms with Gasteiger partial charge in [-0.15, -0.1) is 0 Å². The molecule has 0 heterocycles. The number of amides is 1. The Hall–Kier alpha value is -2.85. The zero-order valence-corrected chi connectivity index (χ0v) is 21.0. The summed E-state index contributed by atoms with van der Waals surface area (Å²) in [6, 6.07) is 7.30. The largest absolute Gasteiger partial charge is 0.491 e. The molecule has 1 aromatic carbocycles. The molecule has 0 unspecified atom stereocenters. The van der Waals surface area contributed by atoms with Crippen LogP contribution in [0.4, 0.5) is 5.69 Å². The molecule has 1 N–H and O–H groups in total. The summed E-state index contributed by atoms with van der Waals surface area (Å²) in [4.78, 5) is 12.3. The van der Waals surface area contributed by atoms with E-state index in [2.05, 4.69) is 51.2 Å². The third-order valence-electron chi connectivity index (χ3n) is 5.81. The summed E-state index contributed by atoms with van der Waals surface area (Å²) in [6.07, 6.45) is 15.8. The molecular formula is C29H39NO3. The zero-order valence-electron chi connectivity index (χ0n) is 21.0. The highest BCUT2D eigenvalue weighted by Crippen LogP contribution is 2.40. The Balaban J connectivity index is 1.89. The minimum Gasteiger partial charge on any atom is -0.491 e. The monoisotopic (exact) mass is 449 g/mol. The second-order valence-corrected chi connectivity index (χ2v) is 9.28. The molecule has 0 saturated carbocycles. The van der Waals surface area contributed by atoms with Crippen LogP contribution in [0, 0.1) is 5.41 Å². The lowest BCUT2D eigenvalue weighted by Gasteiger charge is -2.32. The molecule has 0 aliphatic heterocycles. The Kier molecular flexibility index (Phi) is 10.4. The Morgan fingerprint density at radius 1 is 1.09 bits per heavy atom. The van der Waals surface area contributed by atoms with Crippen molar-refractivity contribution in [2.75, 3.05) is 25.6 Å². The van der Waals surface area contributed by atoms with Gasteiger partial charge in [0.15, 0.2) is 0 Å². The second kappa shape index (κ2) is 13.0. The van der Waals surface area contributed by atoms with Gasteiger partial charge in [-0.2, -0.15) is 0 Å². The van der Waals surface area contributed by atoms with E-state index in [1.165, 1.54) is 36.0 Å². The average molecular weight is 450 g/mol. The Labute approximate surface area is 199 Å². The number of anilines is 1. The number of carbonyl (C=O) groups is 1. The van der Waals surface area contributed by atoms with E-state index in [1.54, 1.807) is 13.2 Å². The molecule has 0 aromatic heterocycles. The molecule has 4 heteroatoms. The number of methoxy groups -OCH3 is 1. The molecule has 0 radical (unpaired) electrons. The van der Waals surface area contributed by atoms with E-state index in [4.69, 9.17) is 9.47 Å². The van der Waals surface area contributed by atoms with Gasteiger partial charge >= 0.3 is 0 Å². The molecule has 1 aliphatic carbocycles. The SMILES string of the molecule is COCCOc1ccc(NC(=O)/C=C(C)/C=C/C=C(C)/C=C/C2=C(C)CCCC2(C)C)cc1. The molecular weight excluding hydrogens is 410 g/mol. The Bertz CT molecular complexity index is 944. The molecule has 1 aromatic rings. The lowest BCUT2D eigenvalue weighted by Crippen LogP contribution is -2.19. The highest BCUT2D eigenvalue weighted by molar-refractivity contribution is 6.00. The third kappa shape index (κ3) is 9.27. The lowest BCUT2D eigenvalue weighted by molar-refractivity contribution is -0.111. The van der Waals surface area contributed by atoms with Gasteiger partial charge in [0.2, 0.25) is 5.91 Å². The van der Waals surface area contributed by atoms with E-state index in [-0.39, 0.29) is 11.3 Å². The Morgan fingerprint density at radius 2 is 1.82 bits per heavy atom. The Morgan fingerprint density at radius 3 is 2.48 bits per heavy atom.